The predicted molar refractivity (Wildman–Crippen MR) is 125 cm³/mol. The van der Waals surface area contributed by atoms with Gasteiger partial charge in [-0.3, -0.25) is 4.79 Å². The van der Waals surface area contributed by atoms with Crippen LogP contribution in [0.3, 0.4) is 0 Å². The molecule has 0 saturated carbocycles. The van der Waals surface area contributed by atoms with Gasteiger partial charge in [-0.15, -0.1) is 0 Å². The van der Waals surface area contributed by atoms with Gasteiger partial charge in [-0.05, 0) is 49.5 Å². The SMILES string of the molecule is CCc1nccn1CC(=O)Nc1ccc([C@@H]2C[C@H](N(CC)CC)C[C@H](C(C)C)O2)cc1. The molecule has 1 N–H and O–H groups in total. The Morgan fingerprint density at radius 3 is 2.52 bits per heavy atom. The molecule has 1 aliphatic heterocycles. The first-order valence-electron chi connectivity index (χ1n) is 11.7. The lowest BCUT2D eigenvalue weighted by Crippen LogP contribution is -2.44. The summed E-state index contributed by atoms with van der Waals surface area (Å²) in [6.45, 7) is 13.4. The third kappa shape index (κ3) is 5.95. The van der Waals surface area contributed by atoms with Gasteiger partial charge in [-0.2, -0.15) is 0 Å². The number of carbonyl (C=O) groups is 1. The number of ether oxygens (including phenoxy) is 1. The molecule has 1 amide bonds. The van der Waals surface area contributed by atoms with Gasteiger partial charge < -0.3 is 19.5 Å². The van der Waals surface area contributed by atoms with Crippen LogP contribution in [0.1, 0.15) is 65.0 Å². The first-order valence-corrected chi connectivity index (χ1v) is 11.7. The lowest BCUT2D eigenvalue weighted by Gasteiger charge is -2.42. The monoisotopic (exact) mass is 426 g/mol. The largest absolute Gasteiger partial charge is 0.370 e. The molecule has 1 aliphatic rings. The van der Waals surface area contributed by atoms with Crippen molar-refractivity contribution in [1.82, 2.24) is 14.5 Å². The highest BCUT2D eigenvalue weighted by Crippen LogP contribution is 2.36. The van der Waals surface area contributed by atoms with E-state index in [1.165, 1.54) is 5.56 Å². The number of aromatic nitrogens is 2. The second kappa shape index (κ2) is 10.9. The van der Waals surface area contributed by atoms with Crippen LogP contribution >= 0.6 is 0 Å². The average molecular weight is 427 g/mol. The summed E-state index contributed by atoms with van der Waals surface area (Å²) in [6.07, 6.45) is 6.86. The van der Waals surface area contributed by atoms with Gasteiger partial charge in [0.1, 0.15) is 12.4 Å². The number of anilines is 1. The van der Waals surface area contributed by atoms with Gasteiger partial charge in [-0.1, -0.05) is 46.8 Å². The van der Waals surface area contributed by atoms with Crippen molar-refractivity contribution in [1.29, 1.82) is 0 Å². The van der Waals surface area contributed by atoms with Crippen molar-refractivity contribution in [2.24, 2.45) is 5.92 Å². The second-order valence-corrected chi connectivity index (χ2v) is 8.75. The van der Waals surface area contributed by atoms with Gasteiger partial charge in [0.25, 0.3) is 0 Å². The van der Waals surface area contributed by atoms with Crippen molar-refractivity contribution < 1.29 is 9.53 Å². The maximum atomic E-state index is 12.4. The van der Waals surface area contributed by atoms with Crippen LogP contribution < -0.4 is 5.32 Å². The smallest absolute Gasteiger partial charge is 0.244 e. The molecular formula is C25H38N4O2. The Morgan fingerprint density at radius 1 is 1.19 bits per heavy atom. The quantitative estimate of drug-likeness (QED) is 0.633. The molecule has 1 saturated heterocycles. The molecule has 3 atom stereocenters. The van der Waals surface area contributed by atoms with E-state index in [1.807, 2.05) is 29.8 Å². The summed E-state index contributed by atoms with van der Waals surface area (Å²) in [5, 5.41) is 3.00. The number of nitrogens with zero attached hydrogens (tertiary/aromatic N) is 3. The zero-order chi connectivity index (χ0) is 22.4. The number of hydrogen-bond donors (Lipinski definition) is 1. The van der Waals surface area contributed by atoms with Crippen molar-refractivity contribution in [3.8, 4) is 0 Å². The van der Waals surface area contributed by atoms with Crippen LogP contribution in [0.5, 0.6) is 0 Å². The van der Waals surface area contributed by atoms with Crippen LogP contribution in [-0.2, 0) is 22.5 Å². The van der Waals surface area contributed by atoms with Gasteiger partial charge in [0.2, 0.25) is 5.91 Å². The van der Waals surface area contributed by atoms with Gasteiger partial charge in [0.05, 0.1) is 12.2 Å². The van der Waals surface area contributed by atoms with Crippen LogP contribution in [0.25, 0.3) is 0 Å². The molecule has 3 rings (SSSR count). The zero-order valence-electron chi connectivity index (χ0n) is 19.7. The molecule has 2 heterocycles. The molecule has 0 aliphatic carbocycles. The van der Waals surface area contributed by atoms with Crippen molar-refractivity contribution in [2.45, 2.75) is 78.7 Å². The van der Waals surface area contributed by atoms with E-state index in [0.717, 1.165) is 43.9 Å². The summed E-state index contributed by atoms with van der Waals surface area (Å²) >= 11 is 0. The van der Waals surface area contributed by atoms with E-state index in [9.17, 15) is 4.79 Å². The Bertz CT molecular complexity index is 826. The molecule has 0 radical (unpaired) electrons. The number of rotatable bonds is 9. The number of nitrogens with one attached hydrogen (secondary N) is 1. The maximum Gasteiger partial charge on any atom is 0.244 e. The second-order valence-electron chi connectivity index (χ2n) is 8.75. The van der Waals surface area contributed by atoms with Crippen molar-refractivity contribution in [3.63, 3.8) is 0 Å². The molecule has 2 aromatic rings. The molecule has 0 unspecified atom stereocenters. The van der Waals surface area contributed by atoms with E-state index < -0.39 is 0 Å². The van der Waals surface area contributed by atoms with Crippen LogP contribution in [-0.4, -0.2) is 45.6 Å². The Balaban J connectivity index is 1.65. The lowest BCUT2D eigenvalue weighted by atomic mass is 9.89. The fourth-order valence-electron chi connectivity index (χ4n) is 4.55. The van der Waals surface area contributed by atoms with Crippen molar-refractivity contribution in [2.75, 3.05) is 18.4 Å². The first-order chi connectivity index (χ1) is 14.9. The number of imidazole rings is 1. The number of benzene rings is 1. The van der Waals surface area contributed by atoms with Crippen LogP contribution in [0.15, 0.2) is 36.7 Å². The fourth-order valence-corrected chi connectivity index (χ4v) is 4.55. The Morgan fingerprint density at radius 2 is 1.90 bits per heavy atom. The number of aryl methyl sites for hydroxylation is 1. The Hall–Kier alpha value is -2.18. The zero-order valence-corrected chi connectivity index (χ0v) is 19.7. The molecule has 31 heavy (non-hydrogen) atoms. The summed E-state index contributed by atoms with van der Waals surface area (Å²) in [7, 11) is 0. The summed E-state index contributed by atoms with van der Waals surface area (Å²) in [5.74, 6) is 1.37. The molecule has 6 heteroatoms. The van der Waals surface area contributed by atoms with Gasteiger partial charge in [-0.25, -0.2) is 4.98 Å². The summed E-state index contributed by atoms with van der Waals surface area (Å²) in [4.78, 5) is 19.3. The lowest BCUT2D eigenvalue weighted by molar-refractivity contribution is -0.116. The van der Waals surface area contributed by atoms with Crippen LogP contribution in [0, 0.1) is 5.92 Å². The van der Waals surface area contributed by atoms with Gasteiger partial charge in [0, 0.05) is 30.5 Å². The minimum absolute atomic E-state index is 0.0455. The third-order valence-electron chi connectivity index (χ3n) is 6.40. The summed E-state index contributed by atoms with van der Waals surface area (Å²) in [5.41, 5.74) is 1.99. The van der Waals surface area contributed by atoms with E-state index in [1.54, 1.807) is 6.20 Å². The van der Waals surface area contributed by atoms with E-state index in [0.29, 0.717) is 12.0 Å². The topological polar surface area (TPSA) is 59.4 Å². The number of carbonyl (C=O) groups excluding carboxylic acids is 1. The summed E-state index contributed by atoms with van der Waals surface area (Å²) in [6, 6.07) is 8.70. The molecule has 1 aromatic carbocycles. The van der Waals surface area contributed by atoms with E-state index in [-0.39, 0.29) is 24.7 Å². The Labute approximate surface area is 187 Å². The first kappa shape index (κ1) is 23.5. The van der Waals surface area contributed by atoms with E-state index in [4.69, 9.17) is 4.74 Å². The number of amides is 1. The molecule has 1 aromatic heterocycles. The summed E-state index contributed by atoms with van der Waals surface area (Å²) < 4.78 is 8.38. The molecule has 170 valence electrons. The van der Waals surface area contributed by atoms with E-state index in [2.05, 4.69) is 55.0 Å². The highest BCUT2D eigenvalue weighted by molar-refractivity contribution is 5.90. The van der Waals surface area contributed by atoms with Crippen LogP contribution in [0.4, 0.5) is 5.69 Å². The minimum Gasteiger partial charge on any atom is -0.370 e. The molecule has 0 bridgehead atoms. The third-order valence-corrected chi connectivity index (χ3v) is 6.40. The molecule has 1 fully saturated rings. The normalized spacial score (nSPS) is 21.6. The van der Waals surface area contributed by atoms with Crippen molar-refractivity contribution in [3.05, 3.63) is 48.0 Å². The molecule has 6 nitrogen and oxygen atoms in total. The predicted octanol–water partition coefficient (Wildman–Crippen LogP) is 4.67. The number of hydrogen-bond acceptors (Lipinski definition) is 4. The van der Waals surface area contributed by atoms with Crippen LogP contribution in [0.2, 0.25) is 0 Å². The average Bonchev–Trinajstić information content (AvgIpc) is 3.21. The molecule has 0 spiro atoms. The van der Waals surface area contributed by atoms with Crippen molar-refractivity contribution >= 4 is 11.6 Å². The van der Waals surface area contributed by atoms with Gasteiger partial charge >= 0.3 is 0 Å². The Kier molecular flexibility index (Phi) is 8.27. The highest BCUT2D eigenvalue weighted by Gasteiger charge is 2.34. The maximum absolute atomic E-state index is 12.4. The van der Waals surface area contributed by atoms with Gasteiger partial charge in [0.15, 0.2) is 0 Å². The fraction of sp³-hybridized carbons (Fsp3) is 0.600. The molecular weight excluding hydrogens is 388 g/mol. The standard InChI is InChI=1S/C25H38N4O2/c1-6-24-26-13-14-29(24)17-25(30)27-20-11-9-19(10-12-20)23-16-21(28(7-2)8-3)15-22(31-23)18(4)5/h9-14,18,21-23H,6-8,15-17H2,1-5H3,(H,27,30)/t21-,22-,23+/m1/s1. The highest BCUT2D eigenvalue weighted by atomic mass is 16.5. The van der Waals surface area contributed by atoms with E-state index >= 15 is 0 Å². The minimum atomic E-state index is -0.0455.